The first kappa shape index (κ1) is 17.9. The summed E-state index contributed by atoms with van der Waals surface area (Å²) in [6, 6.07) is 17.7. The summed E-state index contributed by atoms with van der Waals surface area (Å²) in [5.41, 5.74) is 1.94. The number of aliphatic imine (C=N–C) groups is 1. The number of aryl methyl sites for hydroxylation is 1. The van der Waals surface area contributed by atoms with Gasteiger partial charge in [-0.1, -0.05) is 54.1 Å². The predicted molar refractivity (Wildman–Crippen MR) is 109 cm³/mol. The maximum absolute atomic E-state index is 13.1. The van der Waals surface area contributed by atoms with E-state index in [0.29, 0.717) is 16.6 Å². The number of H-pyrrole nitrogens is 1. The Balaban J connectivity index is 1.85. The lowest BCUT2D eigenvalue weighted by atomic mass is 10.2. The molecule has 0 fully saturated rings. The minimum absolute atomic E-state index is 0.136. The predicted octanol–water partition coefficient (Wildman–Crippen LogP) is 3.57. The number of carbonyl (C=O) groups is 1. The number of rotatable bonds is 3. The zero-order chi connectivity index (χ0) is 19.7. The van der Waals surface area contributed by atoms with Crippen LogP contribution in [0.1, 0.15) is 16.8 Å². The highest BCUT2D eigenvalue weighted by Gasteiger charge is 2.34. The smallest absolute Gasteiger partial charge is 0.285 e. The third-order valence-corrected chi connectivity index (χ3v) is 4.39. The first-order valence-electron chi connectivity index (χ1n) is 8.55. The van der Waals surface area contributed by atoms with Crippen molar-refractivity contribution in [2.24, 2.45) is 4.99 Å². The third-order valence-electron chi connectivity index (χ3n) is 4.13. The second-order valence-corrected chi connectivity index (χ2v) is 6.67. The monoisotopic (exact) mass is 390 g/mol. The van der Waals surface area contributed by atoms with Crippen molar-refractivity contribution >= 4 is 35.4 Å². The Bertz CT molecular complexity index is 1170. The number of amidine groups is 1. The van der Waals surface area contributed by atoms with Crippen LogP contribution in [0.3, 0.4) is 0 Å². The van der Waals surface area contributed by atoms with Crippen LogP contribution in [-0.2, 0) is 4.79 Å². The standard InChI is InChI=1S/C21H15ClN4O2/c1-13-11-18(27)25-21(23-13)26-19(15-5-3-2-4-6-15)24-17(20(26)28)12-14-7-9-16(22)10-8-14/h2-12H,1H3,(H,23,25,27)/b17-12+. The lowest BCUT2D eigenvalue weighted by molar-refractivity contribution is -0.113. The summed E-state index contributed by atoms with van der Waals surface area (Å²) >= 11 is 5.93. The Morgan fingerprint density at radius 3 is 2.43 bits per heavy atom. The van der Waals surface area contributed by atoms with Crippen LogP contribution in [0.2, 0.25) is 5.02 Å². The number of carbonyl (C=O) groups excluding carboxylic acids is 1. The van der Waals surface area contributed by atoms with Gasteiger partial charge in [0.15, 0.2) is 5.84 Å². The number of aromatic amines is 1. The van der Waals surface area contributed by atoms with Crippen molar-refractivity contribution in [1.82, 2.24) is 9.97 Å². The molecular formula is C21H15ClN4O2. The fourth-order valence-electron chi connectivity index (χ4n) is 2.88. The highest BCUT2D eigenvalue weighted by molar-refractivity contribution is 6.32. The molecule has 2 aromatic carbocycles. The van der Waals surface area contributed by atoms with Gasteiger partial charge in [0, 0.05) is 22.3 Å². The molecule has 0 radical (unpaired) electrons. The van der Waals surface area contributed by atoms with Gasteiger partial charge in [-0.25, -0.2) is 14.9 Å². The molecule has 138 valence electrons. The van der Waals surface area contributed by atoms with Gasteiger partial charge in [0.25, 0.3) is 11.5 Å². The lowest BCUT2D eigenvalue weighted by Gasteiger charge is -2.17. The summed E-state index contributed by atoms with van der Waals surface area (Å²) in [6.45, 7) is 1.70. The van der Waals surface area contributed by atoms with Crippen molar-refractivity contribution in [3.05, 3.63) is 98.6 Å². The number of nitrogens with zero attached hydrogens (tertiary/aromatic N) is 3. The van der Waals surface area contributed by atoms with Crippen molar-refractivity contribution in [3.8, 4) is 0 Å². The topological polar surface area (TPSA) is 78.4 Å². The molecule has 1 aliphatic heterocycles. The average Bonchev–Trinajstić information content (AvgIpc) is 3.00. The van der Waals surface area contributed by atoms with Gasteiger partial charge in [-0.2, -0.15) is 0 Å². The molecule has 0 saturated heterocycles. The molecule has 3 aromatic rings. The van der Waals surface area contributed by atoms with Crippen LogP contribution in [0.15, 0.2) is 76.1 Å². The van der Waals surface area contributed by atoms with E-state index >= 15 is 0 Å². The van der Waals surface area contributed by atoms with E-state index in [1.807, 2.05) is 30.3 Å². The van der Waals surface area contributed by atoms with Crippen molar-refractivity contribution in [1.29, 1.82) is 0 Å². The van der Waals surface area contributed by atoms with E-state index in [4.69, 9.17) is 11.6 Å². The number of hydrogen-bond acceptors (Lipinski definition) is 4. The number of anilines is 1. The van der Waals surface area contributed by atoms with Crippen LogP contribution in [0.4, 0.5) is 5.95 Å². The quantitative estimate of drug-likeness (QED) is 0.694. The summed E-state index contributed by atoms with van der Waals surface area (Å²) in [7, 11) is 0. The highest BCUT2D eigenvalue weighted by atomic mass is 35.5. The van der Waals surface area contributed by atoms with Gasteiger partial charge in [-0.05, 0) is 30.7 Å². The molecule has 0 bridgehead atoms. The van der Waals surface area contributed by atoms with Crippen molar-refractivity contribution in [3.63, 3.8) is 0 Å². The van der Waals surface area contributed by atoms with Crippen molar-refractivity contribution < 1.29 is 4.79 Å². The zero-order valence-corrected chi connectivity index (χ0v) is 15.6. The molecule has 0 saturated carbocycles. The molecule has 0 atom stereocenters. The molecular weight excluding hydrogens is 376 g/mol. The highest BCUT2D eigenvalue weighted by Crippen LogP contribution is 2.25. The van der Waals surface area contributed by atoms with Gasteiger partial charge in [0.1, 0.15) is 5.70 Å². The van der Waals surface area contributed by atoms with Gasteiger partial charge < -0.3 is 0 Å². The normalized spacial score (nSPS) is 15.2. The maximum Gasteiger partial charge on any atom is 0.285 e. The fourth-order valence-corrected chi connectivity index (χ4v) is 3.01. The van der Waals surface area contributed by atoms with E-state index < -0.39 is 0 Å². The molecule has 2 heterocycles. The van der Waals surface area contributed by atoms with Crippen LogP contribution < -0.4 is 10.5 Å². The number of hydrogen-bond donors (Lipinski definition) is 1. The largest absolute Gasteiger partial charge is 0.292 e. The SMILES string of the molecule is Cc1cc(=O)[nH]c(N2C(=O)/C(=C\c3ccc(Cl)cc3)N=C2c2ccccc2)n1. The first-order valence-corrected chi connectivity index (χ1v) is 8.93. The Labute approximate surface area is 165 Å². The minimum atomic E-state index is -0.373. The van der Waals surface area contributed by atoms with Crippen LogP contribution in [0.25, 0.3) is 6.08 Å². The second-order valence-electron chi connectivity index (χ2n) is 6.23. The molecule has 0 aliphatic carbocycles. The maximum atomic E-state index is 13.1. The van der Waals surface area contributed by atoms with Gasteiger partial charge in [-0.15, -0.1) is 0 Å². The van der Waals surface area contributed by atoms with Crippen LogP contribution in [0.5, 0.6) is 0 Å². The van der Waals surface area contributed by atoms with Gasteiger partial charge in [0.2, 0.25) is 5.95 Å². The summed E-state index contributed by atoms with van der Waals surface area (Å²) in [6.07, 6.45) is 1.68. The first-order chi connectivity index (χ1) is 13.5. The summed E-state index contributed by atoms with van der Waals surface area (Å²) in [5, 5.41) is 0.608. The van der Waals surface area contributed by atoms with E-state index in [-0.39, 0.29) is 23.1 Å². The molecule has 0 spiro atoms. The van der Waals surface area contributed by atoms with Crippen LogP contribution in [-0.4, -0.2) is 21.7 Å². The van der Waals surface area contributed by atoms with Crippen LogP contribution in [0, 0.1) is 6.92 Å². The Morgan fingerprint density at radius 1 is 1.04 bits per heavy atom. The molecule has 1 aliphatic rings. The summed E-state index contributed by atoms with van der Waals surface area (Å²) in [5.74, 6) is 0.166. The average molecular weight is 391 g/mol. The fraction of sp³-hybridized carbons (Fsp3) is 0.0476. The van der Waals surface area contributed by atoms with Gasteiger partial charge >= 0.3 is 0 Å². The molecule has 4 rings (SSSR count). The van der Waals surface area contributed by atoms with E-state index in [0.717, 1.165) is 11.1 Å². The molecule has 1 aromatic heterocycles. The molecule has 1 amide bonds. The Hall–Kier alpha value is -3.51. The van der Waals surface area contributed by atoms with E-state index in [2.05, 4.69) is 15.0 Å². The number of aromatic nitrogens is 2. The van der Waals surface area contributed by atoms with Crippen molar-refractivity contribution in [2.45, 2.75) is 6.92 Å². The molecule has 6 nitrogen and oxygen atoms in total. The number of nitrogens with one attached hydrogen (secondary N) is 1. The third kappa shape index (κ3) is 3.50. The number of benzene rings is 2. The number of amides is 1. The molecule has 28 heavy (non-hydrogen) atoms. The molecule has 7 heteroatoms. The van der Waals surface area contributed by atoms with Gasteiger partial charge in [0.05, 0.1) is 0 Å². The van der Waals surface area contributed by atoms with Crippen molar-refractivity contribution in [2.75, 3.05) is 4.90 Å². The molecule has 1 N–H and O–H groups in total. The minimum Gasteiger partial charge on any atom is -0.292 e. The van der Waals surface area contributed by atoms with E-state index in [1.165, 1.54) is 11.0 Å². The van der Waals surface area contributed by atoms with Gasteiger partial charge in [-0.3, -0.25) is 14.6 Å². The second kappa shape index (κ2) is 7.25. The summed E-state index contributed by atoms with van der Waals surface area (Å²) < 4.78 is 0. The Morgan fingerprint density at radius 2 is 1.75 bits per heavy atom. The van der Waals surface area contributed by atoms with Crippen LogP contribution >= 0.6 is 11.6 Å². The molecule has 0 unspecified atom stereocenters. The lowest BCUT2D eigenvalue weighted by Crippen LogP contribution is -2.35. The Kier molecular flexibility index (Phi) is 4.63. The summed E-state index contributed by atoms with van der Waals surface area (Å²) in [4.78, 5) is 37.9. The zero-order valence-electron chi connectivity index (χ0n) is 14.9. The number of halogens is 1. The van der Waals surface area contributed by atoms with E-state index in [9.17, 15) is 9.59 Å². The van der Waals surface area contributed by atoms with E-state index in [1.54, 1.807) is 37.3 Å².